The van der Waals surface area contributed by atoms with Gasteiger partial charge in [0.05, 0.1) is 36.0 Å². The Morgan fingerprint density at radius 1 is 1.08 bits per heavy atom. The number of carbonyl (C=O) groups excluding carboxylic acids is 3. The molecule has 1 heterocycles. The second kappa shape index (κ2) is 9.77. The number of fused-ring (bicyclic) bond motifs is 3. The fraction of sp³-hybridized carbons (Fsp3) is 0.464. The van der Waals surface area contributed by atoms with E-state index in [4.69, 9.17) is 19.9 Å². The quantitative estimate of drug-likeness (QED) is 0.363. The number of aromatic hydroxyl groups is 2. The predicted octanol–water partition coefficient (Wildman–Crippen LogP) is 2.16. The second-order valence-electron chi connectivity index (χ2n) is 10.3. The molecule has 3 aliphatic rings. The maximum atomic E-state index is 13.7. The van der Waals surface area contributed by atoms with Crippen LogP contribution in [0.2, 0.25) is 0 Å². The number of ether oxygens (including phenoxy) is 3. The van der Waals surface area contributed by atoms with E-state index in [-0.39, 0.29) is 70.0 Å². The zero-order valence-corrected chi connectivity index (χ0v) is 21.4. The minimum absolute atomic E-state index is 0.00633. The fourth-order valence-corrected chi connectivity index (χ4v) is 5.85. The first-order valence-corrected chi connectivity index (χ1v) is 12.7. The summed E-state index contributed by atoms with van der Waals surface area (Å²) >= 11 is 0. The molecule has 2 aromatic carbocycles. The third-order valence-corrected chi connectivity index (χ3v) is 8.21. The molecule has 1 aliphatic heterocycles. The Balaban J connectivity index is 1.65. The Labute approximate surface area is 219 Å². The SMILES string of the molecule is COc1cccc2c1C(=O)c1c(O)c3c(c(O)c1C2=O)C[C@@H](C(=O)CO)C[C@@H]3O[C@H]1C[C@H](N)[C@H](C)[C@H](C)O1. The fourth-order valence-electron chi connectivity index (χ4n) is 5.85. The van der Waals surface area contributed by atoms with Crippen molar-refractivity contribution in [2.45, 2.75) is 57.6 Å². The lowest BCUT2D eigenvalue weighted by Crippen LogP contribution is -2.47. The van der Waals surface area contributed by atoms with Crippen LogP contribution < -0.4 is 10.5 Å². The Hall–Kier alpha value is -3.31. The van der Waals surface area contributed by atoms with Crippen LogP contribution in [-0.4, -0.2) is 64.8 Å². The monoisotopic (exact) mass is 525 g/mol. The van der Waals surface area contributed by atoms with Crippen LogP contribution in [0.3, 0.4) is 0 Å². The van der Waals surface area contributed by atoms with E-state index in [1.165, 1.54) is 19.2 Å². The maximum Gasteiger partial charge on any atom is 0.202 e. The van der Waals surface area contributed by atoms with Crippen LogP contribution in [0.1, 0.15) is 75.8 Å². The smallest absolute Gasteiger partial charge is 0.202 e. The highest BCUT2D eigenvalue weighted by atomic mass is 16.7. The van der Waals surface area contributed by atoms with E-state index >= 15 is 0 Å². The lowest BCUT2D eigenvalue weighted by Gasteiger charge is -2.40. The van der Waals surface area contributed by atoms with Crippen LogP contribution in [0.15, 0.2) is 18.2 Å². The largest absolute Gasteiger partial charge is 0.507 e. The number of ketones is 3. The van der Waals surface area contributed by atoms with E-state index in [2.05, 4.69) is 0 Å². The van der Waals surface area contributed by atoms with E-state index in [1.807, 2.05) is 13.8 Å². The first kappa shape index (κ1) is 26.3. The Bertz CT molecular complexity index is 1320. The molecule has 2 aliphatic carbocycles. The molecule has 0 spiro atoms. The number of aliphatic hydroxyl groups excluding tert-OH is 1. The number of rotatable bonds is 5. The van der Waals surface area contributed by atoms with Crippen molar-refractivity contribution in [2.24, 2.45) is 17.6 Å². The molecule has 10 nitrogen and oxygen atoms in total. The topological polar surface area (TPSA) is 166 Å². The van der Waals surface area contributed by atoms with Crippen molar-refractivity contribution < 1.29 is 43.9 Å². The average molecular weight is 526 g/mol. The molecule has 0 saturated carbocycles. The summed E-state index contributed by atoms with van der Waals surface area (Å²) in [6.07, 6.45) is -1.58. The van der Waals surface area contributed by atoms with Gasteiger partial charge in [-0.2, -0.15) is 0 Å². The molecule has 10 heteroatoms. The number of phenols is 2. The van der Waals surface area contributed by atoms with E-state index in [9.17, 15) is 29.7 Å². The third kappa shape index (κ3) is 3.99. The first-order valence-electron chi connectivity index (χ1n) is 12.7. The van der Waals surface area contributed by atoms with Gasteiger partial charge in [0.15, 0.2) is 17.9 Å². The number of benzene rings is 2. The van der Waals surface area contributed by atoms with E-state index in [1.54, 1.807) is 6.07 Å². The minimum atomic E-state index is -0.977. The zero-order valence-electron chi connectivity index (χ0n) is 21.4. The molecule has 5 N–H and O–H groups in total. The van der Waals surface area contributed by atoms with Crippen molar-refractivity contribution in [3.63, 3.8) is 0 Å². The molecular formula is C28H31NO9. The van der Waals surface area contributed by atoms with E-state index in [0.29, 0.717) is 6.42 Å². The van der Waals surface area contributed by atoms with Gasteiger partial charge in [-0.25, -0.2) is 0 Å². The highest BCUT2D eigenvalue weighted by Gasteiger charge is 2.45. The Morgan fingerprint density at radius 3 is 2.45 bits per heavy atom. The molecule has 0 aromatic heterocycles. The summed E-state index contributed by atoms with van der Waals surface area (Å²) in [5.74, 6) is -3.29. The van der Waals surface area contributed by atoms with Crippen LogP contribution in [0, 0.1) is 11.8 Å². The van der Waals surface area contributed by atoms with Gasteiger partial charge < -0.3 is 35.3 Å². The molecule has 5 rings (SSSR count). The van der Waals surface area contributed by atoms with E-state index in [0.717, 1.165) is 0 Å². The van der Waals surface area contributed by atoms with Gasteiger partial charge in [-0.1, -0.05) is 19.1 Å². The van der Waals surface area contributed by atoms with Crippen molar-refractivity contribution in [3.8, 4) is 17.2 Å². The van der Waals surface area contributed by atoms with Crippen molar-refractivity contribution in [1.82, 2.24) is 0 Å². The molecule has 1 fully saturated rings. The molecule has 0 radical (unpaired) electrons. The van der Waals surface area contributed by atoms with Crippen LogP contribution in [0.25, 0.3) is 0 Å². The number of carbonyl (C=O) groups is 3. The first-order chi connectivity index (χ1) is 18.1. The number of Topliss-reactive ketones (excluding diaryl/α,β-unsaturated/α-hetero) is 1. The van der Waals surface area contributed by atoms with Crippen molar-refractivity contribution in [1.29, 1.82) is 0 Å². The van der Waals surface area contributed by atoms with Gasteiger partial charge in [-0.3, -0.25) is 14.4 Å². The summed E-state index contributed by atoms with van der Waals surface area (Å²) in [6.45, 7) is 3.14. The maximum absolute atomic E-state index is 13.7. The van der Waals surface area contributed by atoms with Gasteiger partial charge in [0.2, 0.25) is 5.78 Å². The molecule has 0 bridgehead atoms. The van der Waals surface area contributed by atoms with Crippen molar-refractivity contribution in [2.75, 3.05) is 13.7 Å². The summed E-state index contributed by atoms with van der Waals surface area (Å²) in [5, 5.41) is 32.4. The molecule has 6 atom stereocenters. The van der Waals surface area contributed by atoms with Crippen LogP contribution >= 0.6 is 0 Å². The zero-order chi connectivity index (χ0) is 27.5. The van der Waals surface area contributed by atoms with Crippen LogP contribution in [0.4, 0.5) is 0 Å². The molecule has 202 valence electrons. The molecule has 0 amide bonds. The van der Waals surface area contributed by atoms with Gasteiger partial charge in [-0.15, -0.1) is 0 Å². The van der Waals surface area contributed by atoms with Crippen molar-refractivity contribution >= 4 is 17.3 Å². The molecule has 0 unspecified atom stereocenters. The lowest BCUT2D eigenvalue weighted by atomic mass is 9.73. The summed E-state index contributed by atoms with van der Waals surface area (Å²) in [7, 11) is 1.37. The summed E-state index contributed by atoms with van der Waals surface area (Å²) in [5.41, 5.74) is 5.88. The normalized spacial score (nSPS) is 28.3. The predicted molar refractivity (Wildman–Crippen MR) is 133 cm³/mol. The standard InChI is InChI=1S/C28H31NO9/c1-11-12(2)37-20(9-16(11)29)38-19-8-13(17(31)10-30)7-15-22(19)28(35)24-23(26(15)33)25(32)14-5-4-6-18(36-3)21(14)27(24)34/h4-6,11-13,16,19-20,30,33,35H,7-10,29H2,1-3H3/t11-,12+,13-,16+,19+,20+/m1/s1. The van der Waals surface area contributed by atoms with Crippen LogP contribution in [0.5, 0.6) is 17.2 Å². The number of aliphatic hydroxyl groups is 1. The van der Waals surface area contributed by atoms with Gasteiger partial charge in [0.1, 0.15) is 23.9 Å². The minimum Gasteiger partial charge on any atom is -0.507 e. The van der Waals surface area contributed by atoms with Crippen molar-refractivity contribution in [3.05, 3.63) is 51.6 Å². The number of methoxy groups -OCH3 is 1. The van der Waals surface area contributed by atoms with Gasteiger partial charge in [-0.05, 0) is 31.7 Å². The Kier molecular flexibility index (Phi) is 6.77. The highest BCUT2D eigenvalue weighted by Crippen LogP contribution is 2.51. The Morgan fingerprint density at radius 2 is 1.79 bits per heavy atom. The molecule has 38 heavy (non-hydrogen) atoms. The summed E-state index contributed by atoms with van der Waals surface area (Å²) < 4.78 is 17.5. The van der Waals surface area contributed by atoms with Gasteiger partial charge in [0.25, 0.3) is 0 Å². The van der Waals surface area contributed by atoms with Crippen LogP contribution in [-0.2, 0) is 20.7 Å². The number of hydrogen-bond donors (Lipinski definition) is 4. The molecule has 1 saturated heterocycles. The summed E-state index contributed by atoms with van der Waals surface area (Å²) in [6, 6.07) is 4.33. The highest BCUT2D eigenvalue weighted by molar-refractivity contribution is 6.31. The molecular weight excluding hydrogens is 494 g/mol. The summed E-state index contributed by atoms with van der Waals surface area (Å²) in [4.78, 5) is 39.7. The second-order valence-corrected chi connectivity index (χ2v) is 10.3. The van der Waals surface area contributed by atoms with Gasteiger partial charge in [0, 0.05) is 35.1 Å². The number of phenolic OH excluding ortho intramolecular Hbond substituents is 2. The average Bonchev–Trinajstić information content (AvgIpc) is 2.90. The van der Waals surface area contributed by atoms with Gasteiger partial charge >= 0.3 is 0 Å². The lowest BCUT2D eigenvalue weighted by molar-refractivity contribution is -0.231. The van der Waals surface area contributed by atoms with E-state index < -0.39 is 53.8 Å². The third-order valence-electron chi connectivity index (χ3n) is 8.21. The molecule has 2 aromatic rings. The number of hydrogen-bond acceptors (Lipinski definition) is 10. The number of nitrogens with two attached hydrogens (primary N) is 1.